The van der Waals surface area contributed by atoms with E-state index in [-0.39, 0.29) is 18.1 Å². The molecular weight excluding hydrogens is 166 g/mol. The van der Waals surface area contributed by atoms with Crippen molar-refractivity contribution >= 4 is 5.97 Å². The van der Waals surface area contributed by atoms with Gasteiger partial charge >= 0.3 is 5.97 Å². The summed E-state index contributed by atoms with van der Waals surface area (Å²) in [5.74, 6) is -0.124. The standard InChI is InChI=1S/C10H19NO2/c1-2-8(11)7-10(12)13-9-5-3-4-6-9/h8-9H,2-7,11H2,1H3. The Bertz CT molecular complexity index is 164. The highest BCUT2D eigenvalue weighted by Gasteiger charge is 2.19. The van der Waals surface area contributed by atoms with Crippen LogP contribution in [0.4, 0.5) is 0 Å². The molecule has 1 aliphatic carbocycles. The molecule has 1 fully saturated rings. The van der Waals surface area contributed by atoms with E-state index in [0.29, 0.717) is 6.42 Å². The molecule has 1 atom stereocenters. The third kappa shape index (κ3) is 3.77. The fourth-order valence-electron chi connectivity index (χ4n) is 1.60. The summed E-state index contributed by atoms with van der Waals surface area (Å²) in [5, 5.41) is 0. The summed E-state index contributed by atoms with van der Waals surface area (Å²) in [5.41, 5.74) is 5.65. The Balaban J connectivity index is 2.16. The number of esters is 1. The SMILES string of the molecule is CCC(N)CC(=O)OC1CCCC1. The minimum atomic E-state index is -0.124. The molecule has 0 bridgehead atoms. The van der Waals surface area contributed by atoms with Crippen LogP contribution in [0.25, 0.3) is 0 Å². The molecule has 1 rings (SSSR count). The minimum Gasteiger partial charge on any atom is -0.462 e. The largest absolute Gasteiger partial charge is 0.462 e. The zero-order valence-corrected chi connectivity index (χ0v) is 8.29. The van der Waals surface area contributed by atoms with Crippen LogP contribution in [-0.2, 0) is 9.53 Å². The van der Waals surface area contributed by atoms with E-state index in [9.17, 15) is 4.79 Å². The van der Waals surface area contributed by atoms with Crippen molar-refractivity contribution in [3.05, 3.63) is 0 Å². The molecule has 0 aromatic heterocycles. The molecular formula is C10H19NO2. The first kappa shape index (κ1) is 10.5. The summed E-state index contributed by atoms with van der Waals surface area (Å²) in [7, 11) is 0. The predicted octanol–water partition coefficient (Wildman–Crippen LogP) is 1.60. The van der Waals surface area contributed by atoms with Gasteiger partial charge in [-0.15, -0.1) is 0 Å². The molecule has 0 spiro atoms. The van der Waals surface area contributed by atoms with Crippen LogP contribution >= 0.6 is 0 Å². The van der Waals surface area contributed by atoms with Gasteiger partial charge < -0.3 is 10.5 Å². The molecule has 0 aliphatic heterocycles. The van der Waals surface area contributed by atoms with E-state index in [1.54, 1.807) is 0 Å². The van der Waals surface area contributed by atoms with Crippen molar-refractivity contribution in [1.29, 1.82) is 0 Å². The van der Waals surface area contributed by atoms with Crippen molar-refractivity contribution in [3.8, 4) is 0 Å². The van der Waals surface area contributed by atoms with Crippen LogP contribution in [0, 0.1) is 0 Å². The maximum absolute atomic E-state index is 11.3. The maximum Gasteiger partial charge on any atom is 0.307 e. The number of ether oxygens (including phenoxy) is 1. The Morgan fingerprint density at radius 1 is 1.54 bits per heavy atom. The summed E-state index contributed by atoms with van der Waals surface area (Å²) < 4.78 is 5.26. The monoisotopic (exact) mass is 185 g/mol. The number of hydrogen-bond acceptors (Lipinski definition) is 3. The first-order valence-corrected chi connectivity index (χ1v) is 5.17. The van der Waals surface area contributed by atoms with Crippen LogP contribution in [-0.4, -0.2) is 18.1 Å². The highest BCUT2D eigenvalue weighted by molar-refractivity contribution is 5.70. The first-order chi connectivity index (χ1) is 6.22. The smallest absolute Gasteiger partial charge is 0.307 e. The maximum atomic E-state index is 11.3. The Morgan fingerprint density at radius 2 is 2.15 bits per heavy atom. The second-order valence-corrected chi connectivity index (χ2v) is 3.77. The summed E-state index contributed by atoms with van der Waals surface area (Å²) in [6.45, 7) is 1.98. The third-order valence-corrected chi connectivity index (χ3v) is 2.55. The molecule has 76 valence electrons. The molecule has 0 heterocycles. The molecule has 0 aromatic carbocycles. The van der Waals surface area contributed by atoms with Crippen molar-refractivity contribution < 1.29 is 9.53 Å². The Kier molecular flexibility index (Phi) is 4.22. The lowest BCUT2D eigenvalue weighted by Gasteiger charge is -2.13. The van der Waals surface area contributed by atoms with Crippen LogP contribution in [0.2, 0.25) is 0 Å². The summed E-state index contributed by atoms with van der Waals surface area (Å²) >= 11 is 0. The summed E-state index contributed by atoms with van der Waals surface area (Å²) in [6.07, 6.45) is 5.83. The minimum absolute atomic E-state index is 0.0334. The number of carbonyl (C=O) groups excluding carboxylic acids is 1. The van der Waals surface area contributed by atoms with E-state index in [2.05, 4.69) is 0 Å². The van der Waals surface area contributed by atoms with Crippen molar-refractivity contribution in [2.75, 3.05) is 0 Å². The molecule has 3 nitrogen and oxygen atoms in total. The molecule has 1 aliphatic rings. The van der Waals surface area contributed by atoms with Crippen LogP contribution in [0.3, 0.4) is 0 Å². The van der Waals surface area contributed by atoms with E-state index in [1.807, 2.05) is 6.92 Å². The second-order valence-electron chi connectivity index (χ2n) is 3.77. The summed E-state index contributed by atoms with van der Waals surface area (Å²) in [4.78, 5) is 11.3. The first-order valence-electron chi connectivity index (χ1n) is 5.17. The fourth-order valence-corrected chi connectivity index (χ4v) is 1.60. The zero-order chi connectivity index (χ0) is 9.68. The highest BCUT2D eigenvalue weighted by atomic mass is 16.5. The lowest BCUT2D eigenvalue weighted by molar-refractivity contribution is -0.149. The van der Waals surface area contributed by atoms with Crippen molar-refractivity contribution in [2.24, 2.45) is 5.73 Å². The van der Waals surface area contributed by atoms with E-state index < -0.39 is 0 Å². The number of hydrogen-bond donors (Lipinski definition) is 1. The fraction of sp³-hybridized carbons (Fsp3) is 0.900. The van der Waals surface area contributed by atoms with Gasteiger partial charge in [-0.2, -0.15) is 0 Å². The molecule has 1 unspecified atom stereocenters. The van der Waals surface area contributed by atoms with E-state index >= 15 is 0 Å². The van der Waals surface area contributed by atoms with Crippen molar-refractivity contribution in [2.45, 2.75) is 57.6 Å². The van der Waals surface area contributed by atoms with Crippen LogP contribution in [0.5, 0.6) is 0 Å². The average molecular weight is 185 g/mol. The van der Waals surface area contributed by atoms with Gasteiger partial charge in [-0.1, -0.05) is 6.92 Å². The van der Waals surface area contributed by atoms with Gasteiger partial charge in [-0.3, -0.25) is 4.79 Å². The third-order valence-electron chi connectivity index (χ3n) is 2.55. The number of rotatable bonds is 4. The van der Waals surface area contributed by atoms with Crippen LogP contribution in [0.1, 0.15) is 45.4 Å². The predicted molar refractivity (Wildman–Crippen MR) is 51.2 cm³/mol. The normalized spacial score (nSPS) is 20.2. The van der Waals surface area contributed by atoms with Gasteiger partial charge in [0.25, 0.3) is 0 Å². The van der Waals surface area contributed by atoms with Crippen LogP contribution in [0.15, 0.2) is 0 Å². The van der Waals surface area contributed by atoms with Gasteiger partial charge in [-0.25, -0.2) is 0 Å². The van der Waals surface area contributed by atoms with E-state index in [1.165, 1.54) is 12.8 Å². The lowest BCUT2D eigenvalue weighted by Crippen LogP contribution is -2.25. The lowest BCUT2D eigenvalue weighted by atomic mass is 10.2. The van der Waals surface area contributed by atoms with E-state index in [0.717, 1.165) is 19.3 Å². The van der Waals surface area contributed by atoms with Crippen LogP contribution < -0.4 is 5.73 Å². The Morgan fingerprint density at radius 3 is 2.69 bits per heavy atom. The summed E-state index contributed by atoms with van der Waals surface area (Å²) in [6, 6.07) is -0.0334. The van der Waals surface area contributed by atoms with E-state index in [4.69, 9.17) is 10.5 Å². The van der Waals surface area contributed by atoms with Gasteiger partial charge in [0.05, 0.1) is 6.42 Å². The Labute approximate surface area is 79.6 Å². The number of carbonyl (C=O) groups is 1. The number of nitrogens with two attached hydrogens (primary N) is 1. The van der Waals surface area contributed by atoms with Crippen molar-refractivity contribution in [1.82, 2.24) is 0 Å². The second kappa shape index (κ2) is 5.22. The van der Waals surface area contributed by atoms with Crippen molar-refractivity contribution in [3.63, 3.8) is 0 Å². The van der Waals surface area contributed by atoms with Gasteiger partial charge in [-0.05, 0) is 32.1 Å². The molecule has 3 heteroatoms. The molecule has 1 saturated carbocycles. The highest BCUT2D eigenvalue weighted by Crippen LogP contribution is 2.21. The van der Waals surface area contributed by atoms with Gasteiger partial charge in [0.15, 0.2) is 0 Å². The topological polar surface area (TPSA) is 52.3 Å². The molecule has 0 saturated heterocycles. The molecule has 2 N–H and O–H groups in total. The molecule has 0 amide bonds. The Hall–Kier alpha value is -0.570. The quantitative estimate of drug-likeness (QED) is 0.677. The molecule has 13 heavy (non-hydrogen) atoms. The average Bonchev–Trinajstić information content (AvgIpc) is 2.56. The molecule has 0 radical (unpaired) electrons. The van der Waals surface area contributed by atoms with Gasteiger partial charge in [0, 0.05) is 6.04 Å². The van der Waals surface area contributed by atoms with Gasteiger partial charge in [0.2, 0.25) is 0 Å². The zero-order valence-electron chi connectivity index (χ0n) is 8.29. The molecule has 0 aromatic rings. The van der Waals surface area contributed by atoms with Gasteiger partial charge in [0.1, 0.15) is 6.10 Å².